The molecule has 0 bridgehead atoms. The summed E-state index contributed by atoms with van der Waals surface area (Å²) in [7, 11) is 0. The Morgan fingerprint density at radius 2 is 1.94 bits per heavy atom. The van der Waals surface area contributed by atoms with E-state index in [9.17, 15) is 0 Å². The molecular formula is C14H30N2. The molecule has 0 saturated carbocycles. The van der Waals surface area contributed by atoms with Gasteiger partial charge in [0.1, 0.15) is 0 Å². The zero-order valence-electron chi connectivity index (χ0n) is 11.8. The van der Waals surface area contributed by atoms with E-state index < -0.39 is 0 Å². The van der Waals surface area contributed by atoms with E-state index in [-0.39, 0.29) is 0 Å². The highest BCUT2D eigenvalue weighted by Crippen LogP contribution is 2.21. The van der Waals surface area contributed by atoms with E-state index in [1.807, 2.05) is 0 Å². The maximum Gasteiger partial charge on any atom is 0.00898 e. The fourth-order valence-electron chi connectivity index (χ4n) is 2.24. The van der Waals surface area contributed by atoms with Crippen molar-refractivity contribution in [3.63, 3.8) is 0 Å². The van der Waals surface area contributed by atoms with Crippen LogP contribution in [0, 0.1) is 5.41 Å². The van der Waals surface area contributed by atoms with E-state index in [2.05, 4.69) is 44.8 Å². The molecule has 1 aliphatic heterocycles. The van der Waals surface area contributed by atoms with Crippen LogP contribution in [0.3, 0.4) is 0 Å². The molecule has 0 aliphatic carbocycles. The molecule has 96 valence electrons. The topological polar surface area (TPSA) is 15.3 Å². The fraction of sp³-hybridized carbons (Fsp3) is 1.00. The Morgan fingerprint density at radius 3 is 2.50 bits per heavy atom. The van der Waals surface area contributed by atoms with Crippen molar-refractivity contribution < 1.29 is 0 Å². The van der Waals surface area contributed by atoms with Gasteiger partial charge in [0.25, 0.3) is 0 Å². The summed E-state index contributed by atoms with van der Waals surface area (Å²) in [6, 6.07) is 1.33. The van der Waals surface area contributed by atoms with Crippen LogP contribution < -0.4 is 5.32 Å². The van der Waals surface area contributed by atoms with Crippen LogP contribution in [0.2, 0.25) is 0 Å². The van der Waals surface area contributed by atoms with E-state index in [1.54, 1.807) is 0 Å². The van der Waals surface area contributed by atoms with Gasteiger partial charge in [0.15, 0.2) is 0 Å². The minimum Gasteiger partial charge on any atom is -0.311 e. The van der Waals surface area contributed by atoms with Gasteiger partial charge < -0.3 is 10.2 Å². The predicted molar refractivity (Wildman–Crippen MR) is 71.8 cm³/mol. The van der Waals surface area contributed by atoms with E-state index >= 15 is 0 Å². The lowest BCUT2D eigenvalue weighted by atomic mass is 9.87. The Balaban J connectivity index is 2.38. The average Bonchev–Trinajstić information content (AvgIpc) is 2.41. The second-order valence-corrected chi connectivity index (χ2v) is 6.32. The van der Waals surface area contributed by atoms with Crippen LogP contribution in [0.15, 0.2) is 0 Å². The summed E-state index contributed by atoms with van der Waals surface area (Å²) in [5, 5.41) is 3.82. The predicted octanol–water partition coefficient (Wildman–Crippen LogP) is 2.89. The molecule has 1 heterocycles. The van der Waals surface area contributed by atoms with E-state index in [1.165, 1.54) is 38.9 Å². The van der Waals surface area contributed by atoms with Gasteiger partial charge in [-0.3, -0.25) is 0 Å². The number of likely N-dealkylation sites (tertiary alicyclic amines) is 1. The zero-order chi connectivity index (χ0) is 12.2. The summed E-state index contributed by atoms with van der Waals surface area (Å²) in [6.45, 7) is 15.3. The minimum atomic E-state index is 0.372. The molecule has 2 atom stereocenters. The van der Waals surface area contributed by atoms with Crippen molar-refractivity contribution in [3.05, 3.63) is 0 Å². The van der Waals surface area contributed by atoms with E-state index in [0.717, 1.165) is 6.04 Å². The first-order chi connectivity index (χ1) is 7.43. The normalized spacial score (nSPS) is 26.4. The summed E-state index contributed by atoms with van der Waals surface area (Å²) < 4.78 is 0. The third kappa shape index (κ3) is 4.42. The molecule has 0 aromatic rings. The fourth-order valence-corrected chi connectivity index (χ4v) is 2.24. The van der Waals surface area contributed by atoms with Crippen LogP contribution in [-0.4, -0.2) is 36.6 Å². The first-order valence-corrected chi connectivity index (χ1v) is 6.92. The molecule has 0 aromatic carbocycles. The molecule has 2 unspecified atom stereocenters. The number of nitrogens with one attached hydrogen (secondary N) is 1. The van der Waals surface area contributed by atoms with Crippen LogP contribution in [0.1, 0.15) is 53.9 Å². The zero-order valence-corrected chi connectivity index (χ0v) is 11.8. The lowest BCUT2D eigenvalue weighted by Gasteiger charge is -2.32. The van der Waals surface area contributed by atoms with Gasteiger partial charge in [-0.25, -0.2) is 0 Å². The molecule has 0 radical (unpaired) electrons. The molecule has 2 heteroatoms. The minimum absolute atomic E-state index is 0.372. The Bertz CT molecular complexity index is 195. The van der Waals surface area contributed by atoms with Gasteiger partial charge in [0.2, 0.25) is 0 Å². The lowest BCUT2D eigenvalue weighted by Crippen LogP contribution is -2.44. The Hall–Kier alpha value is -0.0800. The van der Waals surface area contributed by atoms with Crippen molar-refractivity contribution in [2.24, 2.45) is 5.41 Å². The third-order valence-corrected chi connectivity index (χ3v) is 4.05. The molecule has 0 amide bonds. The average molecular weight is 226 g/mol. The molecule has 0 aromatic heterocycles. The van der Waals surface area contributed by atoms with Crippen LogP contribution in [0.5, 0.6) is 0 Å². The second-order valence-electron chi connectivity index (χ2n) is 6.32. The molecule has 1 saturated heterocycles. The van der Waals surface area contributed by atoms with Crippen molar-refractivity contribution in [1.82, 2.24) is 10.2 Å². The largest absolute Gasteiger partial charge is 0.311 e. The van der Waals surface area contributed by atoms with Gasteiger partial charge in [0.05, 0.1) is 0 Å². The maximum absolute atomic E-state index is 3.82. The van der Waals surface area contributed by atoms with Crippen molar-refractivity contribution in [3.8, 4) is 0 Å². The highest BCUT2D eigenvalue weighted by molar-refractivity contribution is 4.82. The van der Waals surface area contributed by atoms with Gasteiger partial charge in [-0.1, -0.05) is 27.7 Å². The lowest BCUT2D eigenvalue weighted by molar-refractivity contribution is 0.249. The summed E-state index contributed by atoms with van der Waals surface area (Å²) in [4.78, 5) is 2.57. The molecule has 0 spiro atoms. The molecule has 1 rings (SSSR count). The van der Waals surface area contributed by atoms with Gasteiger partial charge >= 0.3 is 0 Å². The van der Waals surface area contributed by atoms with Gasteiger partial charge in [-0.2, -0.15) is 0 Å². The monoisotopic (exact) mass is 226 g/mol. The van der Waals surface area contributed by atoms with E-state index in [4.69, 9.17) is 0 Å². The number of nitrogens with zero attached hydrogens (tertiary/aromatic N) is 1. The SMILES string of the molecule is CCN1CCCC(NC(C)C(C)(C)C)CC1. The summed E-state index contributed by atoms with van der Waals surface area (Å²) in [5.41, 5.74) is 0.372. The Morgan fingerprint density at radius 1 is 1.25 bits per heavy atom. The molecule has 1 aliphatic rings. The summed E-state index contributed by atoms with van der Waals surface area (Å²) >= 11 is 0. The molecule has 2 nitrogen and oxygen atoms in total. The van der Waals surface area contributed by atoms with E-state index in [0.29, 0.717) is 11.5 Å². The molecule has 16 heavy (non-hydrogen) atoms. The van der Waals surface area contributed by atoms with Crippen molar-refractivity contribution in [2.75, 3.05) is 19.6 Å². The maximum atomic E-state index is 3.82. The second kappa shape index (κ2) is 6.02. The smallest absolute Gasteiger partial charge is 0.00898 e. The number of hydrogen-bond acceptors (Lipinski definition) is 2. The molecule has 1 fully saturated rings. The van der Waals surface area contributed by atoms with Crippen molar-refractivity contribution in [1.29, 1.82) is 0 Å². The highest BCUT2D eigenvalue weighted by Gasteiger charge is 2.24. The van der Waals surface area contributed by atoms with Crippen molar-refractivity contribution in [2.45, 2.75) is 66.0 Å². The van der Waals surface area contributed by atoms with Crippen LogP contribution in [-0.2, 0) is 0 Å². The van der Waals surface area contributed by atoms with Crippen molar-refractivity contribution >= 4 is 0 Å². The molecular weight excluding hydrogens is 196 g/mol. The summed E-state index contributed by atoms with van der Waals surface area (Å²) in [5.74, 6) is 0. The Kier molecular flexibility index (Phi) is 5.26. The van der Waals surface area contributed by atoms with Gasteiger partial charge in [0, 0.05) is 12.1 Å². The van der Waals surface area contributed by atoms with Crippen LogP contribution in [0.4, 0.5) is 0 Å². The van der Waals surface area contributed by atoms with Crippen LogP contribution in [0.25, 0.3) is 0 Å². The van der Waals surface area contributed by atoms with Gasteiger partial charge in [-0.15, -0.1) is 0 Å². The van der Waals surface area contributed by atoms with Crippen LogP contribution >= 0.6 is 0 Å². The van der Waals surface area contributed by atoms with Gasteiger partial charge in [-0.05, 0) is 51.2 Å². The number of hydrogen-bond donors (Lipinski definition) is 1. The third-order valence-electron chi connectivity index (χ3n) is 4.05. The quantitative estimate of drug-likeness (QED) is 0.796. The molecule has 1 N–H and O–H groups in total. The summed E-state index contributed by atoms with van der Waals surface area (Å²) in [6.07, 6.45) is 4.01. The standard InChI is InChI=1S/C14H30N2/c1-6-16-10-7-8-13(9-11-16)15-12(2)14(3,4)5/h12-13,15H,6-11H2,1-5H3. The highest BCUT2D eigenvalue weighted by atomic mass is 15.1. The first kappa shape index (κ1) is 14.0. The Labute approximate surface area is 102 Å². The first-order valence-electron chi connectivity index (χ1n) is 6.92. The number of rotatable bonds is 3.